The Kier molecular flexibility index (Phi) is 3.94. The molecule has 16 heavy (non-hydrogen) atoms. The molecule has 0 fully saturated rings. The number of halogens is 3. The van der Waals surface area contributed by atoms with E-state index in [1.807, 2.05) is 6.92 Å². The summed E-state index contributed by atoms with van der Waals surface area (Å²) in [5, 5.41) is 0. The Morgan fingerprint density at radius 1 is 1.25 bits per heavy atom. The third kappa shape index (κ3) is 2.97. The smallest absolute Gasteiger partial charge is 0.260 e. The van der Waals surface area contributed by atoms with Crippen LogP contribution in [-0.2, 0) is 6.18 Å². The molecule has 0 amide bonds. The molecule has 0 aliphatic heterocycles. The minimum atomic E-state index is -4.30. The van der Waals surface area contributed by atoms with E-state index in [4.69, 9.17) is 0 Å². The van der Waals surface area contributed by atoms with Gasteiger partial charge < -0.3 is 0 Å². The van der Waals surface area contributed by atoms with Gasteiger partial charge in [0.05, 0.1) is 5.56 Å². The van der Waals surface area contributed by atoms with Gasteiger partial charge in [0, 0.05) is 17.8 Å². The van der Waals surface area contributed by atoms with Crippen molar-refractivity contribution in [3.05, 3.63) is 29.6 Å². The van der Waals surface area contributed by atoms with E-state index < -0.39 is 11.7 Å². The lowest BCUT2D eigenvalue weighted by molar-refractivity contribution is -0.137. The van der Waals surface area contributed by atoms with Crippen LogP contribution < -0.4 is 0 Å². The first-order chi connectivity index (χ1) is 7.36. The van der Waals surface area contributed by atoms with E-state index in [-0.39, 0.29) is 5.92 Å². The summed E-state index contributed by atoms with van der Waals surface area (Å²) in [4.78, 5) is 3.89. The topological polar surface area (TPSA) is 12.9 Å². The fourth-order valence-corrected chi connectivity index (χ4v) is 1.49. The summed E-state index contributed by atoms with van der Waals surface area (Å²) in [6.07, 6.45) is -2.40. The van der Waals surface area contributed by atoms with Crippen molar-refractivity contribution < 1.29 is 13.2 Å². The summed E-state index contributed by atoms with van der Waals surface area (Å²) in [5.74, 6) is 0.608. The zero-order chi connectivity index (χ0) is 12.3. The van der Waals surface area contributed by atoms with Crippen LogP contribution in [0.3, 0.4) is 0 Å². The molecule has 1 aromatic rings. The lowest BCUT2D eigenvalue weighted by Gasteiger charge is -2.18. The van der Waals surface area contributed by atoms with E-state index in [2.05, 4.69) is 18.8 Å². The zero-order valence-electron chi connectivity index (χ0n) is 9.67. The maximum Gasteiger partial charge on any atom is 0.417 e. The van der Waals surface area contributed by atoms with Gasteiger partial charge >= 0.3 is 6.18 Å². The standard InChI is InChI=1S/C12H16F3N/c1-4-8(2)9(3)11-6-5-10(7-16-11)12(13,14)15/h5-9H,4H2,1-3H3. The molecule has 1 aromatic heterocycles. The van der Waals surface area contributed by atoms with Crippen LogP contribution in [0.5, 0.6) is 0 Å². The van der Waals surface area contributed by atoms with E-state index in [0.717, 1.165) is 24.4 Å². The van der Waals surface area contributed by atoms with E-state index in [9.17, 15) is 13.2 Å². The largest absolute Gasteiger partial charge is 0.417 e. The second-order valence-electron chi connectivity index (χ2n) is 4.14. The monoisotopic (exact) mass is 231 g/mol. The van der Waals surface area contributed by atoms with Crippen LogP contribution in [0.25, 0.3) is 0 Å². The minimum absolute atomic E-state index is 0.187. The number of nitrogens with zero attached hydrogens (tertiary/aromatic N) is 1. The number of hydrogen-bond donors (Lipinski definition) is 0. The van der Waals surface area contributed by atoms with Gasteiger partial charge in [0.15, 0.2) is 0 Å². The number of rotatable bonds is 3. The Morgan fingerprint density at radius 3 is 2.25 bits per heavy atom. The summed E-state index contributed by atoms with van der Waals surface area (Å²) in [5.41, 5.74) is 0.0370. The summed E-state index contributed by atoms with van der Waals surface area (Å²) in [6.45, 7) is 6.12. The highest BCUT2D eigenvalue weighted by Crippen LogP contribution is 2.30. The molecule has 2 atom stereocenters. The molecular weight excluding hydrogens is 215 g/mol. The molecule has 1 heterocycles. The highest BCUT2D eigenvalue weighted by atomic mass is 19.4. The van der Waals surface area contributed by atoms with Crippen LogP contribution in [0.15, 0.2) is 18.3 Å². The minimum Gasteiger partial charge on any atom is -0.260 e. The van der Waals surface area contributed by atoms with Crippen LogP contribution >= 0.6 is 0 Å². The van der Waals surface area contributed by atoms with Crippen molar-refractivity contribution in [2.45, 2.75) is 39.3 Å². The van der Waals surface area contributed by atoms with Gasteiger partial charge in [-0.15, -0.1) is 0 Å². The molecule has 0 saturated heterocycles. The van der Waals surface area contributed by atoms with Crippen LogP contribution in [0, 0.1) is 5.92 Å². The summed E-state index contributed by atoms with van der Waals surface area (Å²) < 4.78 is 36.9. The molecule has 0 aromatic carbocycles. The Morgan fingerprint density at radius 2 is 1.88 bits per heavy atom. The van der Waals surface area contributed by atoms with Gasteiger partial charge in [-0.1, -0.05) is 27.2 Å². The highest BCUT2D eigenvalue weighted by molar-refractivity contribution is 5.19. The lowest BCUT2D eigenvalue weighted by Crippen LogP contribution is -2.10. The van der Waals surface area contributed by atoms with Gasteiger partial charge in [-0.2, -0.15) is 13.2 Å². The molecule has 1 nitrogen and oxygen atoms in total. The van der Waals surface area contributed by atoms with Gasteiger partial charge in [0.1, 0.15) is 0 Å². The molecule has 0 spiro atoms. The molecule has 1 rings (SSSR count). The Hall–Kier alpha value is -1.06. The van der Waals surface area contributed by atoms with E-state index in [1.165, 1.54) is 6.07 Å². The van der Waals surface area contributed by atoms with Crippen molar-refractivity contribution in [2.75, 3.05) is 0 Å². The fourth-order valence-electron chi connectivity index (χ4n) is 1.49. The van der Waals surface area contributed by atoms with E-state index in [1.54, 1.807) is 0 Å². The summed E-state index contributed by atoms with van der Waals surface area (Å²) in [7, 11) is 0. The second-order valence-corrected chi connectivity index (χ2v) is 4.14. The van der Waals surface area contributed by atoms with Gasteiger partial charge in [-0.05, 0) is 18.1 Å². The fraction of sp³-hybridized carbons (Fsp3) is 0.583. The van der Waals surface area contributed by atoms with Crippen molar-refractivity contribution in [2.24, 2.45) is 5.92 Å². The molecular formula is C12H16F3N. The average Bonchev–Trinajstić information content (AvgIpc) is 2.26. The van der Waals surface area contributed by atoms with Gasteiger partial charge in [0.25, 0.3) is 0 Å². The van der Waals surface area contributed by atoms with Crippen LogP contribution in [0.4, 0.5) is 13.2 Å². The molecule has 2 unspecified atom stereocenters. The van der Waals surface area contributed by atoms with Crippen molar-refractivity contribution >= 4 is 0 Å². The van der Waals surface area contributed by atoms with Crippen LogP contribution in [-0.4, -0.2) is 4.98 Å². The van der Waals surface area contributed by atoms with Crippen molar-refractivity contribution in [1.29, 1.82) is 0 Å². The molecule has 0 radical (unpaired) electrons. The van der Waals surface area contributed by atoms with Gasteiger partial charge in [0.2, 0.25) is 0 Å². The SMILES string of the molecule is CCC(C)C(C)c1ccc(C(F)(F)F)cn1. The third-order valence-electron chi connectivity index (χ3n) is 3.08. The molecule has 0 bridgehead atoms. The first-order valence-corrected chi connectivity index (χ1v) is 5.39. The van der Waals surface area contributed by atoms with E-state index in [0.29, 0.717) is 5.92 Å². The number of alkyl halides is 3. The molecule has 4 heteroatoms. The quantitative estimate of drug-likeness (QED) is 0.757. The van der Waals surface area contributed by atoms with Crippen molar-refractivity contribution in [3.63, 3.8) is 0 Å². The molecule has 0 aliphatic rings. The number of aromatic nitrogens is 1. The summed E-state index contributed by atoms with van der Waals surface area (Å²) in [6, 6.07) is 2.57. The maximum absolute atomic E-state index is 12.3. The van der Waals surface area contributed by atoms with Gasteiger partial charge in [-0.25, -0.2) is 0 Å². The average molecular weight is 231 g/mol. The second kappa shape index (κ2) is 4.85. The zero-order valence-corrected chi connectivity index (χ0v) is 9.67. The summed E-state index contributed by atoms with van der Waals surface area (Å²) >= 11 is 0. The maximum atomic E-state index is 12.3. The lowest BCUT2D eigenvalue weighted by atomic mass is 9.90. The first kappa shape index (κ1) is 13.0. The predicted octanol–water partition coefficient (Wildman–Crippen LogP) is 4.25. The van der Waals surface area contributed by atoms with Crippen LogP contribution in [0.1, 0.15) is 44.4 Å². The normalized spacial score (nSPS) is 15.9. The van der Waals surface area contributed by atoms with Gasteiger partial charge in [-0.3, -0.25) is 4.98 Å². The molecule has 90 valence electrons. The highest BCUT2D eigenvalue weighted by Gasteiger charge is 2.30. The molecule has 0 aliphatic carbocycles. The van der Waals surface area contributed by atoms with Crippen molar-refractivity contribution in [3.8, 4) is 0 Å². The number of hydrogen-bond acceptors (Lipinski definition) is 1. The first-order valence-electron chi connectivity index (χ1n) is 5.39. The number of pyridine rings is 1. The van der Waals surface area contributed by atoms with E-state index >= 15 is 0 Å². The predicted molar refractivity (Wildman–Crippen MR) is 57.1 cm³/mol. The molecule has 0 N–H and O–H groups in total. The van der Waals surface area contributed by atoms with Crippen LogP contribution in [0.2, 0.25) is 0 Å². The Bertz CT molecular complexity index is 329. The Labute approximate surface area is 93.7 Å². The third-order valence-corrected chi connectivity index (χ3v) is 3.08. The molecule has 0 saturated carbocycles. The van der Waals surface area contributed by atoms with Crippen molar-refractivity contribution in [1.82, 2.24) is 4.98 Å². The Balaban J connectivity index is 2.87.